The third kappa shape index (κ3) is 5.49. The number of carbonyl (C=O) groups is 1. The van der Waals surface area contributed by atoms with Gasteiger partial charge in [-0.3, -0.25) is 4.79 Å². The smallest absolute Gasteiger partial charge is 0.135 e. The normalized spacial score (nSPS) is 12.6. The number of carbonyl (C=O) groups excluding carboxylic acids is 1. The minimum absolute atomic E-state index is 0. The van der Waals surface area contributed by atoms with Crippen LogP contribution in [0.4, 0.5) is 0 Å². The molecule has 9 heavy (non-hydrogen) atoms. The van der Waals surface area contributed by atoms with Crippen molar-refractivity contribution in [2.75, 3.05) is 0 Å². The van der Waals surface area contributed by atoms with Gasteiger partial charge in [-0.1, -0.05) is 6.92 Å². The van der Waals surface area contributed by atoms with E-state index in [9.17, 15) is 4.79 Å². The molecule has 52 valence electrons. The van der Waals surface area contributed by atoms with Gasteiger partial charge in [-0.2, -0.15) is 0 Å². The summed E-state index contributed by atoms with van der Waals surface area (Å²) in [5, 5.41) is 0. The third-order valence-electron chi connectivity index (χ3n) is 1.02. The molecule has 0 heterocycles. The van der Waals surface area contributed by atoms with E-state index in [4.69, 9.17) is 23.2 Å². The molecule has 0 fully saturated rings. The van der Waals surface area contributed by atoms with E-state index in [1.165, 1.54) is 6.92 Å². The molecule has 0 bridgehead atoms. The number of Topliss-reactive ketones (excluding diaryl/α,β-unsaturated/α-hetero) is 1. The maximum absolute atomic E-state index is 10.4. The van der Waals surface area contributed by atoms with Gasteiger partial charge in [-0.15, -0.1) is 23.2 Å². The van der Waals surface area contributed by atoms with Gasteiger partial charge in [-0.05, 0) is 6.92 Å². The van der Waals surface area contributed by atoms with Crippen molar-refractivity contribution >= 4 is 52.9 Å². The summed E-state index contributed by atoms with van der Waals surface area (Å²) in [4.78, 5) is 9.85. The molecule has 0 aliphatic rings. The maximum atomic E-state index is 10.4. The maximum Gasteiger partial charge on any atom is 0.135 e. The first kappa shape index (κ1) is 12.7. The second-order valence-corrected chi connectivity index (χ2v) is 2.90. The molecule has 0 aliphatic carbocycles. The summed E-state index contributed by atoms with van der Waals surface area (Å²) >= 11 is 10.7. The minimum Gasteiger partial charge on any atom is -0.300 e. The second-order valence-electron chi connectivity index (χ2n) is 1.73. The van der Waals surface area contributed by atoms with E-state index in [1.807, 2.05) is 0 Å². The van der Waals surface area contributed by atoms with Crippen LogP contribution in [0.3, 0.4) is 0 Å². The van der Waals surface area contributed by atoms with Crippen LogP contribution in [-0.2, 0) is 4.79 Å². The van der Waals surface area contributed by atoms with Crippen molar-refractivity contribution in [1.82, 2.24) is 0 Å². The summed E-state index contributed by atoms with van der Waals surface area (Å²) in [7, 11) is 0. The SMILES string of the molecule is CC(=O)C(C)C(Cl)Cl.[Sn]. The molecule has 0 aromatic heterocycles. The summed E-state index contributed by atoms with van der Waals surface area (Å²) in [6, 6.07) is 0. The molecule has 0 aromatic carbocycles. The van der Waals surface area contributed by atoms with E-state index in [0.29, 0.717) is 0 Å². The third-order valence-corrected chi connectivity index (χ3v) is 1.78. The molecule has 1 unspecified atom stereocenters. The fourth-order valence-electron chi connectivity index (χ4n) is 0.177. The minimum atomic E-state index is -0.562. The topological polar surface area (TPSA) is 17.1 Å². The Bertz CT molecular complexity index is 95.0. The first-order chi connectivity index (χ1) is 3.55. The van der Waals surface area contributed by atoms with E-state index < -0.39 is 4.84 Å². The Labute approximate surface area is 82.0 Å². The van der Waals surface area contributed by atoms with Crippen LogP contribution in [0.25, 0.3) is 0 Å². The van der Waals surface area contributed by atoms with Gasteiger partial charge >= 0.3 is 0 Å². The molecule has 0 aromatic rings. The molecule has 0 rings (SSSR count). The summed E-state index contributed by atoms with van der Waals surface area (Å²) < 4.78 is 0. The van der Waals surface area contributed by atoms with Crippen LogP contribution in [0, 0.1) is 5.92 Å². The Morgan fingerprint density at radius 3 is 1.78 bits per heavy atom. The van der Waals surface area contributed by atoms with Crippen molar-refractivity contribution in [3.8, 4) is 0 Å². The Kier molecular flexibility index (Phi) is 8.19. The predicted octanol–water partition coefficient (Wildman–Crippen LogP) is 1.63. The van der Waals surface area contributed by atoms with Gasteiger partial charge in [0.2, 0.25) is 0 Å². The summed E-state index contributed by atoms with van der Waals surface area (Å²) in [5.74, 6) is -0.210. The number of ketones is 1. The van der Waals surface area contributed by atoms with Gasteiger partial charge in [0.05, 0.1) is 0 Å². The van der Waals surface area contributed by atoms with Crippen LogP contribution >= 0.6 is 23.2 Å². The van der Waals surface area contributed by atoms with Crippen LogP contribution in [-0.4, -0.2) is 34.5 Å². The fourth-order valence-corrected chi connectivity index (χ4v) is 0.532. The molecule has 4 radical (unpaired) electrons. The molecule has 0 aliphatic heterocycles. The van der Waals surface area contributed by atoms with Gasteiger partial charge in [0.25, 0.3) is 0 Å². The van der Waals surface area contributed by atoms with Crippen molar-refractivity contribution in [2.45, 2.75) is 18.7 Å². The van der Waals surface area contributed by atoms with Crippen molar-refractivity contribution in [3.05, 3.63) is 0 Å². The predicted molar refractivity (Wildman–Crippen MR) is 41.1 cm³/mol. The molecule has 0 saturated heterocycles. The Hall–Kier alpha value is 1.05. The van der Waals surface area contributed by atoms with Crippen LogP contribution in [0.1, 0.15) is 13.8 Å². The first-order valence-corrected chi connectivity index (χ1v) is 3.21. The van der Waals surface area contributed by atoms with Crippen molar-refractivity contribution in [3.63, 3.8) is 0 Å². The average Bonchev–Trinajstić information content (AvgIpc) is 1.64. The van der Waals surface area contributed by atoms with Crippen LogP contribution in [0.15, 0.2) is 0 Å². The van der Waals surface area contributed by atoms with Gasteiger partial charge in [0.15, 0.2) is 0 Å². The molecule has 4 heteroatoms. The number of hydrogen-bond donors (Lipinski definition) is 0. The van der Waals surface area contributed by atoms with E-state index in [0.717, 1.165) is 0 Å². The van der Waals surface area contributed by atoms with Gasteiger partial charge in [-0.25, -0.2) is 0 Å². The zero-order valence-corrected chi connectivity index (χ0v) is 9.68. The molecule has 0 spiro atoms. The van der Waals surface area contributed by atoms with Crippen molar-refractivity contribution < 1.29 is 4.79 Å². The Morgan fingerprint density at radius 2 is 1.78 bits per heavy atom. The molecule has 1 nitrogen and oxygen atoms in total. The summed E-state index contributed by atoms with van der Waals surface area (Å²) in [6.07, 6.45) is 0. The summed E-state index contributed by atoms with van der Waals surface area (Å²) in [6.45, 7) is 3.18. The quantitative estimate of drug-likeness (QED) is 0.552. The Morgan fingerprint density at radius 1 is 1.44 bits per heavy atom. The van der Waals surface area contributed by atoms with Crippen LogP contribution in [0.2, 0.25) is 0 Å². The molecule has 0 N–H and O–H groups in total. The Balaban J connectivity index is 0. The summed E-state index contributed by atoms with van der Waals surface area (Å²) in [5.41, 5.74) is 0. The number of alkyl halides is 2. The fraction of sp³-hybridized carbons (Fsp3) is 0.800. The van der Waals surface area contributed by atoms with Gasteiger partial charge < -0.3 is 0 Å². The average molecular weight is 274 g/mol. The molecule has 0 amide bonds. The molecular weight excluding hydrogens is 266 g/mol. The largest absolute Gasteiger partial charge is 0.300 e. The van der Waals surface area contributed by atoms with E-state index in [2.05, 4.69) is 0 Å². The van der Waals surface area contributed by atoms with E-state index >= 15 is 0 Å². The monoisotopic (exact) mass is 274 g/mol. The van der Waals surface area contributed by atoms with Crippen molar-refractivity contribution in [1.29, 1.82) is 0 Å². The zero-order valence-electron chi connectivity index (χ0n) is 5.32. The van der Waals surface area contributed by atoms with E-state index in [-0.39, 0.29) is 35.6 Å². The van der Waals surface area contributed by atoms with Crippen LogP contribution < -0.4 is 0 Å². The number of halogens is 2. The standard InChI is InChI=1S/C5H8Cl2O.Sn/c1-3(4(2)8)5(6)7;/h3,5H,1-2H3;. The van der Waals surface area contributed by atoms with Gasteiger partial charge in [0, 0.05) is 29.8 Å². The van der Waals surface area contributed by atoms with Crippen LogP contribution in [0.5, 0.6) is 0 Å². The zero-order chi connectivity index (χ0) is 6.73. The number of rotatable bonds is 2. The first-order valence-electron chi connectivity index (χ1n) is 2.34. The van der Waals surface area contributed by atoms with Gasteiger partial charge in [0.1, 0.15) is 10.6 Å². The molecular formula is C5H8Cl2OSn. The molecule has 1 atom stereocenters. The van der Waals surface area contributed by atoms with E-state index in [1.54, 1.807) is 6.92 Å². The molecule has 0 saturated carbocycles. The number of hydrogen-bond acceptors (Lipinski definition) is 1. The van der Waals surface area contributed by atoms with Crippen molar-refractivity contribution in [2.24, 2.45) is 5.92 Å². The second kappa shape index (κ2) is 5.81.